The van der Waals surface area contributed by atoms with Crippen LogP contribution in [-0.2, 0) is 49.4 Å². The summed E-state index contributed by atoms with van der Waals surface area (Å²) in [6, 6.07) is 6.61. The first-order valence-electron chi connectivity index (χ1n) is 16.3. The molecule has 0 unspecified atom stereocenters. The van der Waals surface area contributed by atoms with Crippen LogP contribution < -0.4 is 29.8 Å². The van der Waals surface area contributed by atoms with Gasteiger partial charge in [0, 0.05) is 69.2 Å². The second-order valence-corrected chi connectivity index (χ2v) is 12.0. The van der Waals surface area contributed by atoms with Crippen LogP contribution in [0.15, 0.2) is 35.3 Å². The van der Waals surface area contributed by atoms with Crippen LogP contribution >= 0.6 is 0 Å². The Morgan fingerprint density at radius 1 is 0.827 bits per heavy atom. The van der Waals surface area contributed by atoms with Gasteiger partial charge in [-0.3, -0.25) is 29.0 Å². The van der Waals surface area contributed by atoms with Gasteiger partial charge in [-0.2, -0.15) is 0 Å². The van der Waals surface area contributed by atoms with E-state index in [0.717, 1.165) is 20.8 Å². The molecule has 5 atom stereocenters. The first-order valence-corrected chi connectivity index (χ1v) is 16.3. The van der Waals surface area contributed by atoms with Crippen molar-refractivity contribution in [3.63, 3.8) is 0 Å². The molecule has 1 fully saturated rings. The maximum atomic E-state index is 14.3. The molecule has 0 amide bonds. The number of nitrogens with zero attached hydrogens (tertiary/aromatic N) is 2. The normalized spacial score (nSPS) is 20.8. The van der Waals surface area contributed by atoms with E-state index >= 15 is 0 Å². The molecular formula is C35H37N3O14. The number of nitrogens with one attached hydrogen (secondary N) is 1. The number of esters is 4. The lowest BCUT2D eigenvalue weighted by molar-refractivity contribution is -0.288. The van der Waals surface area contributed by atoms with Crippen LogP contribution in [0.4, 0.5) is 0 Å². The van der Waals surface area contributed by atoms with Gasteiger partial charge in [0.1, 0.15) is 12.7 Å². The SMILES string of the molecule is CNCCn1c(=O)c2cc(OC)c(O[C@@H]3O[C@H](COC(C)=O)[C@H](OC(C)=O)[C@H](OC(C)=O)[C@H]3OC(C)=O)cc2c2cnc3cc4c(cc3c21)OCO4. The van der Waals surface area contributed by atoms with Crippen molar-refractivity contribution in [2.75, 3.05) is 34.1 Å². The Kier molecular flexibility index (Phi) is 10.3. The molecule has 276 valence electrons. The molecule has 17 heteroatoms. The Labute approximate surface area is 295 Å². The van der Waals surface area contributed by atoms with E-state index in [4.69, 9.17) is 42.6 Å². The van der Waals surface area contributed by atoms with E-state index < -0.39 is 61.2 Å². The molecule has 52 heavy (non-hydrogen) atoms. The van der Waals surface area contributed by atoms with E-state index in [9.17, 15) is 24.0 Å². The average Bonchev–Trinajstić information content (AvgIpc) is 3.55. The molecule has 2 aromatic heterocycles. The predicted octanol–water partition coefficient (Wildman–Crippen LogP) is 2.12. The highest BCUT2D eigenvalue weighted by Gasteiger charge is 2.53. The van der Waals surface area contributed by atoms with Gasteiger partial charge in [-0.1, -0.05) is 0 Å². The van der Waals surface area contributed by atoms with Crippen LogP contribution in [0.25, 0.3) is 32.6 Å². The Morgan fingerprint density at radius 2 is 1.48 bits per heavy atom. The van der Waals surface area contributed by atoms with E-state index in [1.54, 1.807) is 36.0 Å². The molecular weight excluding hydrogens is 686 g/mol. The predicted molar refractivity (Wildman–Crippen MR) is 180 cm³/mol. The third kappa shape index (κ3) is 7.09. The molecule has 17 nitrogen and oxygen atoms in total. The molecule has 0 radical (unpaired) electrons. The Hall–Kier alpha value is -5.68. The van der Waals surface area contributed by atoms with E-state index in [2.05, 4.69) is 10.3 Å². The molecule has 0 bridgehead atoms. The van der Waals surface area contributed by atoms with Gasteiger partial charge in [0.15, 0.2) is 35.2 Å². The van der Waals surface area contributed by atoms with E-state index in [-0.39, 0.29) is 29.2 Å². The number of ether oxygens (including phenoxy) is 9. The van der Waals surface area contributed by atoms with Crippen LogP contribution in [0.1, 0.15) is 27.7 Å². The number of likely N-dealkylation sites (N-methyl/N-ethyl adjacent to an activating group) is 1. The molecule has 4 heterocycles. The smallest absolute Gasteiger partial charge is 0.303 e. The zero-order valence-electron chi connectivity index (χ0n) is 29.2. The van der Waals surface area contributed by atoms with Crippen molar-refractivity contribution in [3.8, 4) is 23.0 Å². The molecule has 2 aliphatic rings. The topological polar surface area (TPSA) is 198 Å². The van der Waals surface area contributed by atoms with Crippen molar-refractivity contribution in [1.29, 1.82) is 0 Å². The van der Waals surface area contributed by atoms with E-state index in [1.807, 2.05) is 0 Å². The maximum Gasteiger partial charge on any atom is 0.303 e. The highest BCUT2D eigenvalue weighted by molar-refractivity contribution is 6.15. The lowest BCUT2D eigenvalue weighted by atomic mass is 9.98. The van der Waals surface area contributed by atoms with Crippen LogP contribution in [-0.4, -0.2) is 98.2 Å². The molecule has 0 saturated carbocycles. The van der Waals surface area contributed by atoms with Crippen molar-refractivity contribution in [1.82, 2.24) is 14.9 Å². The van der Waals surface area contributed by atoms with E-state index in [0.29, 0.717) is 51.8 Å². The quantitative estimate of drug-likeness (QED) is 0.134. The Bertz CT molecular complexity index is 2130. The number of fused-ring (bicyclic) bond motifs is 6. The lowest BCUT2D eigenvalue weighted by Crippen LogP contribution is -2.63. The summed E-state index contributed by atoms with van der Waals surface area (Å²) < 4.78 is 52.8. The number of hydrogen-bond donors (Lipinski definition) is 1. The lowest BCUT2D eigenvalue weighted by Gasteiger charge is -2.44. The number of hydrogen-bond acceptors (Lipinski definition) is 16. The third-order valence-corrected chi connectivity index (χ3v) is 8.45. The van der Waals surface area contributed by atoms with Crippen LogP contribution in [0.2, 0.25) is 0 Å². The molecule has 1 N–H and O–H groups in total. The summed E-state index contributed by atoms with van der Waals surface area (Å²) in [6.45, 7) is 4.95. The first kappa shape index (κ1) is 36.1. The highest BCUT2D eigenvalue weighted by Crippen LogP contribution is 2.41. The number of methoxy groups -OCH3 is 1. The van der Waals surface area contributed by atoms with Gasteiger partial charge in [-0.15, -0.1) is 0 Å². The van der Waals surface area contributed by atoms with E-state index in [1.165, 1.54) is 20.1 Å². The van der Waals surface area contributed by atoms with Gasteiger partial charge in [0.2, 0.25) is 19.2 Å². The summed E-state index contributed by atoms with van der Waals surface area (Å²) in [5.74, 6) is -1.83. The molecule has 1 saturated heterocycles. The monoisotopic (exact) mass is 723 g/mol. The fourth-order valence-electron chi connectivity index (χ4n) is 6.36. The minimum atomic E-state index is -1.55. The summed E-state index contributed by atoms with van der Waals surface area (Å²) in [4.78, 5) is 67.6. The highest BCUT2D eigenvalue weighted by atomic mass is 16.7. The second kappa shape index (κ2) is 14.9. The van der Waals surface area contributed by atoms with Crippen LogP contribution in [0, 0.1) is 0 Å². The van der Waals surface area contributed by atoms with Crippen molar-refractivity contribution in [3.05, 3.63) is 40.8 Å². The fraction of sp³-hybridized carbons (Fsp3) is 0.429. The second-order valence-electron chi connectivity index (χ2n) is 12.0. The molecule has 4 aromatic rings. The first-order chi connectivity index (χ1) is 24.9. The number of benzene rings is 2. The van der Waals surface area contributed by atoms with Crippen molar-refractivity contribution >= 4 is 56.5 Å². The summed E-state index contributed by atoms with van der Waals surface area (Å²) >= 11 is 0. The van der Waals surface area contributed by atoms with Crippen molar-refractivity contribution in [2.45, 2.75) is 64.9 Å². The standard InChI is InChI=1S/C35H37N3O14/c1-16(39)45-14-29-31(48-17(2)40)32(49-18(3)41)33(50-19(4)42)35(52-29)51-28-9-20-21(10-25(28)44-6)34(43)38(8-7-36-5)30-22-11-26-27(47-15-46-26)12-24(22)37-13-23(20)30/h9-13,29,31-33,35-36H,7-8,14-15H2,1-6H3/t29-,31+,32+,33-,35-/m1/s1. The summed E-state index contributed by atoms with van der Waals surface area (Å²) in [7, 11) is 3.16. The third-order valence-electron chi connectivity index (χ3n) is 8.45. The molecule has 0 spiro atoms. The van der Waals surface area contributed by atoms with Gasteiger partial charge in [0.05, 0.1) is 23.5 Å². The van der Waals surface area contributed by atoms with Crippen LogP contribution in [0.3, 0.4) is 0 Å². The minimum absolute atomic E-state index is 0.0374. The summed E-state index contributed by atoms with van der Waals surface area (Å²) in [5, 5.41) is 5.05. The number of pyridine rings is 2. The summed E-state index contributed by atoms with van der Waals surface area (Å²) in [6.07, 6.45) is -5.49. The number of aromatic nitrogens is 2. The average molecular weight is 724 g/mol. The Balaban J connectivity index is 1.53. The molecule has 2 aliphatic heterocycles. The molecule has 2 aromatic carbocycles. The number of rotatable bonds is 11. The van der Waals surface area contributed by atoms with Gasteiger partial charge in [-0.05, 0) is 25.2 Å². The zero-order chi connectivity index (χ0) is 37.3. The number of carbonyl (C=O) groups is 4. The fourth-order valence-corrected chi connectivity index (χ4v) is 6.36. The van der Waals surface area contributed by atoms with Gasteiger partial charge >= 0.3 is 23.9 Å². The zero-order valence-corrected chi connectivity index (χ0v) is 29.2. The van der Waals surface area contributed by atoms with Crippen LogP contribution in [0.5, 0.6) is 23.0 Å². The summed E-state index contributed by atoms with van der Waals surface area (Å²) in [5.41, 5.74) is 0.843. The minimum Gasteiger partial charge on any atom is -0.493 e. The van der Waals surface area contributed by atoms with Gasteiger partial charge < -0.3 is 52.5 Å². The van der Waals surface area contributed by atoms with Gasteiger partial charge in [-0.25, -0.2) is 0 Å². The van der Waals surface area contributed by atoms with Crippen molar-refractivity contribution in [2.24, 2.45) is 0 Å². The van der Waals surface area contributed by atoms with Gasteiger partial charge in [0.25, 0.3) is 5.56 Å². The number of carbonyl (C=O) groups excluding carboxylic acids is 4. The van der Waals surface area contributed by atoms with Crippen molar-refractivity contribution < 1.29 is 61.8 Å². The molecule has 0 aliphatic carbocycles. The molecule has 6 rings (SSSR count). The largest absolute Gasteiger partial charge is 0.493 e. The maximum absolute atomic E-state index is 14.3. The Morgan fingerprint density at radius 3 is 2.13 bits per heavy atom.